The zero-order valence-electron chi connectivity index (χ0n) is 15.4. The minimum absolute atomic E-state index is 0.139. The van der Waals surface area contributed by atoms with E-state index in [1.807, 2.05) is 48.7 Å². The van der Waals surface area contributed by atoms with Crippen LogP contribution in [0.15, 0.2) is 60.0 Å². The van der Waals surface area contributed by atoms with Crippen molar-refractivity contribution in [3.8, 4) is 0 Å². The van der Waals surface area contributed by atoms with E-state index < -0.39 is 0 Å². The largest absolute Gasteiger partial charge is 0.392 e. The van der Waals surface area contributed by atoms with Gasteiger partial charge in [0.25, 0.3) is 0 Å². The van der Waals surface area contributed by atoms with Gasteiger partial charge in [-0.2, -0.15) is 4.98 Å². The van der Waals surface area contributed by atoms with Crippen LogP contribution in [0, 0.1) is 6.92 Å². The molecule has 0 aliphatic rings. The molecule has 4 aromatic rings. The van der Waals surface area contributed by atoms with E-state index in [0.717, 1.165) is 16.5 Å². The molecule has 2 heterocycles. The van der Waals surface area contributed by atoms with Gasteiger partial charge in [-0.1, -0.05) is 47.5 Å². The number of hydrogen-bond acceptors (Lipinski definition) is 6. The predicted molar refractivity (Wildman–Crippen MR) is 118 cm³/mol. The number of anilines is 2. The predicted octanol–water partition coefficient (Wildman–Crippen LogP) is 5.03. The van der Waals surface area contributed by atoms with Crippen LogP contribution in [0.3, 0.4) is 0 Å². The molecule has 5 nitrogen and oxygen atoms in total. The Morgan fingerprint density at radius 3 is 2.57 bits per heavy atom. The summed E-state index contributed by atoms with van der Waals surface area (Å²) < 4.78 is 0. The summed E-state index contributed by atoms with van der Waals surface area (Å²) in [6.45, 7) is 2.86. The van der Waals surface area contributed by atoms with Crippen LogP contribution in [0.4, 0.5) is 11.8 Å². The number of nitrogens with one attached hydrogen (secondary N) is 1. The van der Waals surface area contributed by atoms with E-state index in [1.165, 1.54) is 10.4 Å². The molecule has 7 heteroatoms. The van der Waals surface area contributed by atoms with E-state index in [1.54, 1.807) is 23.5 Å². The third kappa shape index (κ3) is 5.42. The molecule has 4 N–H and O–H groups in total. The van der Waals surface area contributed by atoms with Crippen molar-refractivity contribution in [1.82, 2.24) is 9.97 Å². The van der Waals surface area contributed by atoms with Crippen molar-refractivity contribution in [2.24, 2.45) is 0 Å². The number of rotatable bonds is 4. The van der Waals surface area contributed by atoms with Gasteiger partial charge in [-0.25, -0.2) is 4.98 Å². The fraction of sp³-hybridized carbons (Fsp3) is 0.143. The molecule has 28 heavy (non-hydrogen) atoms. The maximum absolute atomic E-state index is 8.63. The Morgan fingerprint density at radius 2 is 1.89 bits per heavy atom. The number of aliphatic hydroxyl groups is 1. The highest BCUT2D eigenvalue weighted by Gasteiger charge is 2.06. The summed E-state index contributed by atoms with van der Waals surface area (Å²) in [4.78, 5) is 9.88. The summed E-state index contributed by atoms with van der Waals surface area (Å²) in [5.74, 6) is 0.960. The number of nitrogens with two attached hydrogens (primary N) is 1. The number of halogens is 1. The molecule has 0 saturated carbocycles. The van der Waals surface area contributed by atoms with Crippen molar-refractivity contribution in [2.75, 3.05) is 11.1 Å². The zero-order chi connectivity index (χ0) is 19.9. The third-order valence-electron chi connectivity index (χ3n) is 3.99. The van der Waals surface area contributed by atoms with E-state index in [4.69, 9.17) is 22.4 Å². The summed E-state index contributed by atoms with van der Waals surface area (Å²) in [6.07, 6.45) is 0. The van der Waals surface area contributed by atoms with E-state index in [9.17, 15) is 0 Å². The lowest BCUT2D eigenvalue weighted by atomic mass is 10.2. The van der Waals surface area contributed by atoms with Gasteiger partial charge in [-0.05, 0) is 42.1 Å². The van der Waals surface area contributed by atoms with Gasteiger partial charge in [-0.15, -0.1) is 11.3 Å². The Labute approximate surface area is 172 Å². The highest BCUT2D eigenvalue weighted by Crippen LogP contribution is 2.23. The highest BCUT2D eigenvalue weighted by atomic mass is 35.5. The Kier molecular flexibility index (Phi) is 6.81. The molecule has 0 atom stereocenters. The first-order chi connectivity index (χ1) is 13.5. The van der Waals surface area contributed by atoms with Crippen molar-refractivity contribution < 1.29 is 5.11 Å². The Morgan fingerprint density at radius 1 is 1.11 bits per heavy atom. The molecule has 0 amide bonds. The molecule has 144 valence electrons. The van der Waals surface area contributed by atoms with Crippen LogP contribution in [0.2, 0.25) is 5.02 Å². The number of benzene rings is 2. The SMILES string of the molecule is Cc1ccc(CO)cc1.Nc1nc(NCc2cccs2)nc2ccc(Cl)cc12. The lowest BCUT2D eigenvalue weighted by molar-refractivity contribution is 0.282. The molecule has 0 saturated heterocycles. The normalized spacial score (nSPS) is 10.4. The third-order valence-corrected chi connectivity index (χ3v) is 5.10. The first-order valence-corrected chi connectivity index (χ1v) is 9.96. The zero-order valence-corrected chi connectivity index (χ0v) is 17.0. The van der Waals surface area contributed by atoms with Gasteiger partial charge in [0.2, 0.25) is 5.95 Å². The Balaban J connectivity index is 0.000000211. The molecule has 0 unspecified atom stereocenters. The number of fused-ring (bicyclic) bond motifs is 1. The van der Waals surface area contributed by atoms with Crippen LogP contribution < -0.4 is 11.1 Å². The van der Waals surface area contributed by atoms with Gasteiger partial charge < -0.3 is 16.2 Å². The molecule has 0 fully saturated rings. The molecule has 0 aliphatic carbocycles. The number of hydrogen-bond donors (Lipinski definition) is 3. The number of aryl methyl sites for hydroxylation is 1. The van der Waals surface area contributed by atoms with Crippen LogP contribution in [-0.2, 0) is 13.2 Å². The van der Waals surface area contributed by atoms with Crippen LogP contribution in [0.25, 0.3) is 10.9 Å². The van der Waals surface area contributed by atoms with Crippen molar-refractivity contribution in [1.29, 1.82) is 0 Å². The summed E-state index contributed by atoms with van der Waals surface area (Å²) in [6, 6.07) is 17.3. The molecular weight excluding hydrogens is 392 g/mol. The molecule has 2 aromatic carbocycles. The molecule has 0 spiro atoms. The molecule has 0 radical (unpaired) electrons. The van der Waals surface area contributed by atoms with Gasteiger partial charge in [0.05, 0.1) is 18.7 Å². The van der Waals surface area contributed by atoms with Crippen LogP contribution in [0.1, 0.15) is 16.0 Å². The van der Waals surface area contributed by atoms with Crippen LogP contribution in [-0.4, -0.2) is 15.1 Å². The average Bonchev–Trinajstić information content (AvgIpc) is 3.22. The molecule has 0 bridgehead atoms. The lowest BCUT2D eigenvalue weighted by Gasteiger charge is -2.07. The van der Waals surface area contributed by atoms with Crippen molar-refractivity contribution in [2.45, 2.75) is 20.1 Å². The van der Waals surface area contributed by atoms with Gasteiger partial charge in [0, 0.05) is 15.3 Å². The molecular formula is C21H21ClN4OS. The minimum atomic E-state index is 0.139. The second-order valence-electron chi connectivity index (χ2n) is 6.17. The van der Waals surface area contributed by atoms with E-state index in [0.29, 0.717) is 23.3 Å². The van der Waals surface area contributed by atoms with Gasteiger partial charge in [0.1, 0.15) is 5.82 Å². The maximum atomic E-state index is 8.63. The Bertz CT molecular complexity index is 1040. The molecule has 4 rings (SSSR count). The lowest BCUT2D eigenvalue weighted by Crippen LogP contribution is -2.05. The van der Waals surface area contributed by atoms with Crippen LogP contribution >= 0.6 is 22.9 Å². The fourth-order valence-electron chi connectivity index (χ4n) is 2.48. The van der Waals surface area contributed by atoms with E-state index in [-0.39, 0.29) is 6.61 Å². The number of nitrogens with zero attached hydrogens (tertiary/aromatic N) is 2. The van der Waals surface area contributed by atoms with Crippen molar-refractivity contribution in [3.63, 3.8) is 0 Å². The van der Waals surface area contributed by atoms with Crippen molar-refractivity contribution >= 4 is 45.6 Å². The summed E-state index contributed by atoms with van der Waals surface area (Å²) in [5.41, 5.74) is 8.91. The van der Waals surface area contributed by atoms with Crippen LogP contribution in [0.5, 0.6) is 0 Å². The number of nitrogen functional groups attached to an aromatic ring is 1. The average molecular weight is 413 g/mol. The second-order valence-corrected chi connectivity index (χ2v) is 7.64. The first kappa shape index (κ1) is 20.1. The fourth-order valence-corrected chi connectivity index (χ4v) is 3.29. The molecule has 2 aromatic heterocycles. The van der Waals surface area contributed by atoms with Gasteiger partial charge in [0.15, 0.2) is 0 Å². The second kappa shape index (κ2) is 9.50. The summed E-state index contributed by atoms with van der Waals surface area (Å²) in [5, 5.41) is 15.2. The van der Waals surface area contributed by atoms with E-state index >= 15 is 0 Å². The number of aliphatic hydroxyl groups excluding tert-OH is 1. The Hall–Kier alpha value is -2.67. The first-order valence-electron chi connectivity index (χ1n) is 8.70. The number of thiophene rings is 1. The topological polar surface area (TPSA) is 84.1 Å². The van der Waals surface area contributed by atoms with Crippen molar-refractivity contribution in [3.05, 3.63) is 81.0 Å². The van der Waals surface area contributed by atoms with Gasteiger partial charge in [-0.3, -0.25) is 0 Å². The smallest absolute Gasteiger partial charge is 0.225 e. The van der Waals surface area contributed by atoms with E-state index in [2.05, 4.69) is 21.4 Å². The van der Waals surface area contributed by atoms with Gasteiger partial charge >= 0.3 is 0 Å². The standard InChI is InChI=1S/C13H11ClN4S.C8H10O/c14-8-3-4-11-10(6-8)12(15)18-13(17-11)16-7-9-2-1-5-19-9;1-7-2-4-8(6-9)5-3-7/h1-6H,7H2,(H3,15,16,17,18);2-5,9H,6H2,1H3. The number of aromatic nitrogens is 2. The minimum Gasteiger partial charge on any atom is -0.392 e. The summed E-state index contributed by atoms with van der Waals surface area (Å²) >= 11 is 7.62. The summed E-state index contributed by atoms with van der Waals surface area (Å²) in [7, 11) is 0. The monoisotopic (exact) mass is 412 g/mol. The maximum Gasteiger partial charge on any atom is 0.225 e. The molecule has 0 aliphatic heterocycles. The quantitative estimate of drug-likeness (QED) is 0.438. The highest BCUT2D eigenvalue weighted by molar-refractivity contribution is 7.09.